The summed E-state index contributed by atoms with van der Waals surface area (Å²) < 4.78 is 24.3. The molecule has 1 saturated heterocycles. The summed E-state index contributed by atoms with van der Waals surface area (Å²) in [7, 11) is 0. The second-order valence-corrected chi connectivity index (χ2v) is 9.25. The molecular weight excluding hydrogens is 466 g/mol. The Balaban J connectivity index is 1.47. The van der Waals surface area contributed by atoms with Gasteiger partial charge in [0.2, 0.25) is 0 Å². The van der Waals surface area contributed by atoms with Crippen LogP contribution in [0, 0.1) is 0 Å². The minimum Gasteiger partial charge on any atom is -0.466 e. The lowest BCUT2D eigenvalue weighted by Crippen LogP contribution is -2.40. The fourth-order valence-corrected chi connectivity index (χ4v) is 4.65. The van der Waals surface area contributed by atoms with Crippen molar-refractivity contribution in [2.24, 2.45) is 0 Å². The highest BCUT2D eigenvalue weighted by Gasteiger charge is 2.44. The van der Waals surface area contributed by atoms with Crippen molar-refractivity contribution in [3.05, 3.63) is 108 Å². The molecule has 0 saturated carbocycles. The monoisotopic (exact) mass is 503 g/mol. The molecule has 0 aliphatic carbocycles. The molecule has 0 unspecified atom stereocenters. The zero-order valence-electron chi connectivity index (χ0n) is 21.5. The fraction of sp³-hybridized carbons (Fsp3) is 0.387. The third-order valence-corrected chi connectivity index (χ3v) is 6.49. The summed E-state index contributed by atoms with van der Waals surface area (Å²) in [6.07, 6.45) is 0.425. The van der Waals surface area contributed by atoms with Gasteiger partial charge >= 0.3 is 5.97 Å². The molecule has 0 amide bonds. The van der Waals surface area contributed by atoms with Crippen molar-refractivity contribution in [2.75, 3.05) is 13.2 Å². The minimum absolute atomic E-state index is 0.0702. The van der Waals surface area contributed by atoms with Gasteiger partial charge < -0.3 is 24.3 Å². The average Bonchev–Trinajstić information content (AvgIpc) is 3.27. The van der Waals surface area contributed by atoms with Crippen molar-refractivity contribution in [1.82, 2.24) is 5.32 Å². The summed E-state index contributed by atoms with van der Waals surface area (Å²) in [6.45, 7) is 4.13. The van der Waals surface area contributed by atoms with E-state index < -0.39 is 0 Å². The highest BCUT2D eigenvalue weighted by atomic mass is 16.5. The molecule has 6 nitrogen and oxygen atoms in total. The highest BCUT2D eigenvalue weighted by molar-refractivity contribution is 5.69. The van der Waals surface area contributed by atoms with Crippen molar-refractivity contribution >= 4 is 5.97 Å². The first kappa shape index (κ1) is 27.0. The largest absolute Gasteiger partial charge is 0.466 e. The third-order valence-electron chi connectivity index (χ3n) is 6.49. The molecule has 37 heavy (non-hydrogen) atoms. The molecule has 3 aromatic carbocycles. The first-order valence-corrected chi connectivity index (χ1v) is 13.1. The van der Waals surface area contributed by atoms with Crippen LogP contribution in [0.4, 0.5) is 0 Å². The molecular formula is C31H37NO5. The Bertz CT molecular complexity index is 1050. The van der Waals surface area contributed by atoms with E-state index in [0.29, 0.717) is 45.9 Å². The molecule has 0 spiro atoms. The van der Waals surface area contributed by atoms with Gasteiger partial charge in [0, 0.05) is 12.5 Å². The van der Waals surface area contributed by atoms with Crippen LogP contribution in [-0.2, 0) is 43.6 Å². The Morgan fingerprint density at radius 3 is 1.70 bits per heavy atom. The number of benzene rings is 3. The Morgan fingerprint density at radius 1 is 0.703 bits per heavy atom. The molecule has 4 atom stereocenters. The van der Waals surface area contributed by atoms with Crippen molar-refractivity contribution in [1.29, 1.82) is 0 Å². The molecule has 1 fully saturated rings. The number of ether oxygens (including phenoxy) is 4. The van der Waals surface area contributed by atoms with Gasteiger partial charge in [-0.2, -0.15) is 0 Å². The normalized spacial score (nSPS) is 21.1. The van der Waals surface area contributed by atoms with Crippen LogP contribution in [0.2, 0.25) is 0 Å². The lowest BCUT2D eigenvalue weighted by molar-refractivity contribution is -0.143. The maximum atomic E-state index is 12.1. The number of nitrogens with one attached hydrogen (secondary N) is 1. The van der Waals surface area contributed by atoms with E-state index >= 15 is 0 Å². The van der Waals surface area contributed by atoms with Crippen molar-refractivity contribution in [3.63, 3.8) is 0 Å². The first-order valence-electron chi connectivity index (χ1n) is 13.1. The minimum atomic E-state index is -0.247. The zero-order valence-corrected chi connectivity index (χ0v) is 21.5. The van der Waals surface area contributed by atoms with Crippen LogP contribution in [0.25, 0.3) is 0 Å². The maximum Gasteiger partial charge on any atom is 0.305 e. The van der Waals surface area contributed by atoms with E-state index in [2.05, 4.69) is 41.7 Å². The van der Waals surface area contributed by atoms with E-state index in [4.69, 9.17) is 18.9 Å². The van der Waals surface area contributed by atoms with E-state index in [0.717, 1.165) is 16.7 Å². The van der Waals surface area contributed by atoms with E-state index in [-0.39, 0.29) is 30.3 Å². The van der Waals surface area contributed by atoms with Gasteiger partial charge in [-0.1, -0.05) is 91.0 Å². The van der Waals surface area contributed by atoms with E-state index in [1.165, 1.54) is 0 Å². The zero-order chi connectivity index (χ0) is 25.7. The summed E-state index contributed by atoms with van der Waals surface area (Å²) in [6, 6.07) is 30.2. The summed E-state index contributed by atoms with van der Waals surface area (Å²) in [5.74, 6) is -0.198. The molecule has 1 aliphatic heterocycles. The Morgan fingerprint density at radius 2 is 1.19 bits per heavy atom. The van der Waals surface area contributed by atoms with Crippen LogP contribution >= 0.6 is 0 Å². The summed E-state index contributed by atoms with van der Waals surface area (Å²) >= 11 is 0. The molecule has 4 rings (SSSR count). The lowest BCUT2D eigenvalue weighted by atomic mass is 10.0. The van der Waals surface area contributed by atoms with Crippen LogP contribution < -0.4 is 5.32 Å². The number of hydrogen-bond acceptors (Lipinski definition) is 6. The Labute approximate surface area is 219 Å². The van der Waals surface area contributed by atoms with Crippen LogP contribution in [0.15, 0.2) is 91.0 Å². The standard InChI is InChI=1S/C31H37NO5/c1-2-35-29(33)19-18-27-30(36-21-25-14-8-4-9-15-25)31(37-22-26-16-10-5-11-17-26)28(32-27)23-34-20-24-12-6-3-7-13-24/h3-17,27-28,30-32H,2,18-23H2,1H3/t27-,28-,30-,31-/m1/s1. The number of esters is 1. The number of carbonyl (C=O) groups is 1. The quantitative estimate of drug-likeness (QED) is 0.310. The van der Waals surface area contributed by atoms with Crippen molar-refractivity contribution < 1.29 is 23.7 Å². The fourth-order valence-electron chi connectivity index (χ4n) is 4.65. The number of carbonyl (C=O) groups excluding carboxylic acids is 1. The SMILES string of the molecule is CCOC(=O)CC[C@H]1N[C@H](COCc2ccccc2)[C@@H](OCc2ccccc2)[C@@H]1OCc1ccccc1. The number of rotatable bonds is 14. The van der Waals surface area contributed by atoms with Gasteiger partial charge in [-0.25, -0.2) is 0 Å². The predicted molar refractivity (Wildman–Crippen MR) is 143 cm³/mol. The molecule has 1 N–H and O–H groups in total. The number of hydrogen-bond donors (Lipinski definition) is 1. The van der Waals surface area contributed by atoms with E-state index in [9.17, 15) is 4.79 Å². The van der Waals surface area contributed by atoms with Gasteiger partial charge in [-0.15, -0.1) is 0 Å². The smallest absolute Gasteiger partial charge is 0.305 e. The molecule has 1 heterocycles. The summed E-state index contributed by atoms with van der Waals surface area (Å²) in [4.78, 5) is 12.1. The second-order valence-electron chi connectivity index (χ2n) is 9.25. The van der Waals surface area contributed by atoms with Gasteiger partial charge in [0.05, 0.1) is 39.1 Å². The van der Waals surface area contributed by atoms with Crippen LogP contribution in [0.1, 0.15) is 36.5 Å². The van der Waals surface area contributed by atoms with Gasteiger partial charge in [-0.3, -0.25) is 4.79 Å². The van der Waals surface area contributed by atoms with Crippen molar-refractivity contribution in [3.8, 4) is 0 Å². The Hall–Kier alpha value is -3.03. The molecule has 1 aliphatic rings. The Kier molecular flexibility index (Phi) is 10.7. The predicted octanol–water partition coefficient (Wildman–Crippen LogP) is 5.06. The van der Waals surface area contributed by atoms with Gasteiger partial charge in [0.25, 0.3) is 0 Å². The van der Waals surface area contributed by atoms with Crippen molar-refractivity contribution in [2.45, 2.75) is 63.9 Å². The molecule has 0 bridgehead atoms. The highest BCUT2D eigenvalue weighted by Crippen LogP contribution is 2.27. The topological polar surface area (TPSA) is 66.0 Å². The lowest BCUT2D eigenvalue weighted by Gasteiger charge is -2.26. The van der Waals surface area contributed by atoms with Crippen LogP contribution in [0.5, 0.6) is 0 Å². The third kappa shape index (κ3) is 8.51. The molecule has 0 radical (unpaired) electrons. The van der Waals surface area contributed by atoms with E-state index in [1.54, 1.807) is 0 Å². The summed E-state index contributed by atoms with van der Waals surface area (Å²) in [5.41, 5.74) is 3.32. The molecule has 0 aromatic heterocycles. The van der Waals surface area contributed by atoms with Crippen LogP contribution in [0.3, 0.4) is 0 Å². The second kappa shape index (κ2) is 14.6. The van der Waals surface area contributed by atoms with Gasteiger partial charge in [0.1, 0.15) is 12.2 Å². The first-order chi connectivity index (χ1) is 18.2. The maximum absolute atomic E-state index is 12.1. The summed E-state index contributed by atoms with van der Waals surface area (Å²) in [5, 5.41) is 3.66. The van der Waals surface area contributed by atoms with Gasteiger partial charge in [-0.05, 0) is 30.0 Å². The van der Waals surface area contributed by atoms with Crippen LogP contribution in [-0.4, -0.2) is 43.5 Å². The molecule has 6 heteroatoms. The van der Waals surface area contributed by atoms with Gasteiger partial charge in [0.15, 0.2) is 0 Å². The average molecular weight is 504 g/mol. The van der Waals surface area contributed by atoms with E-state index in [1.807, 2.05) is 61.5 Å². The molecule has 3 aromatic rings. The molecule has 196 valence electrons.